The molecule has 2 amide bonds. The highest BCUT2D eigenvalue weighted by Crippen LogP contribution is 2.48. The van der Waals surface area contributed by atoms with Gasteiger partial charge in [0.1, 0.15) is 12.2 Å². The molecule has 1 aromatic heterocycles. The van der Waals surface area contributed by atoms with E-state index in [2.05, 4.69) is 10.3 Å². The number of likely N-dealkylation sites (tertiary alicyclic amines) is 1. The average molecular weight is 387 g/mol. The van der Waals surface area contributed by atoms with Crippen molar-refractivity contribution in [3.8, 4) is 5.88 Å². The van der Waals surface area contributed by atoms with Gasteiger partial charge in [-0.1, -0.05) is 6.42 Å². The second-order valence-electron chi connectivity index (χ2n) is 6.87. The fourth-order valence-corrected chi connectivity index (χ4v) is 3.93. The molecule has 1 aromatic rings. The van der Waals surface area contributed by atoms with Gasteiger partial charge in [0.25, 0.3) is 0 Å². The summed E-state index contributed by atoms with van der Waals surface area (Å²) in [5.74, 6) is -1.47. The van der Waals surface area contributed by atoms with Crippen molar-refractivity contribution < 1.29 is 32.6 Å². The number of carbonyl (C=O) groups excluding carboxylic acids is 1. The molecule has 1 saturated heterocycles. The van der Waals surface area contributed by atoms with Crippen LogP contribution in [0.25, 0.3) is 0 Å². The van der Waals surface area contributed by atoms with Crippen molar-refractivity contribution in [1.29, 1.82) is 0 Å². The van der Waals surface area contributed by atoms with Gasteiger partial charge in [0.05, 0.1) is 12.0 Å². The van der Waals surface area contributed by atoms with Gasteiger partial charge in [-0.2, -0.15) is 13.2 Å². The Morgan fingerprint density at radius 1 is 1.44 bits per heavy atom. The van der Waals surface area contributed by atoms with Crippen LogP contribution in [0.1, 0.15) is 24.8 Å². The predicted octanol–water partition coefficient (Wildman–Crippen LogP) is 2.38. The van der Waals surface area contributed by atoms with Crippen molar-refractivity contribution in [2.75, 3.05) is 26.2 Å². The molecule has 2 N–H and O–H groups in total. The fraction of sp³-hybridized carbons (Fsp3) is 0.588. The highest BCUT2D eigenvalue weighted by Gasteiger charge is 2.55. The molecule has 0 radical (unpaired) electrons. The molecule has 2 heterocycles. The van der Waals surface area contributed by atoms with Gasteiger partial charge in [-0.05, 0) is 30.9 Å². The number of pyridine rings is 1. The molecule has 1 aliphatic carbocycles. The van der Waals surface area contributed by atoms with E-state index in [1.165, 1.54) is 17.2 Å². The van der Waals surface area contributed by atoms with Crippen molar-refractivity contribution in [2.45, 2.75) is 25.4 Å². The third kappa shape index (κ3) is 3.79. The lowest BCUT2D eigenvalue weighted by Gasteiger charge is -2.23. The van der Waals surface area contributed by atoms with Crippen LogP contribution in [0.3, 0.4) is 0 Å². The first-order chi connectivity index (χ1) is 12.7. The molecule has 27 heavy (non-hydrogen) atoms. The second-order valence-corrected chi connectivity index (χ2v) is 6.87. The number of rotatable bonds is 5. The molecule has 1 aliphatic heterocycles. The highest BCUT2D eigenvalue weighted by atomic mass is 19.4. The number of aromatic nitrogens is 1. The summed E-state index contributed by atoms with van der Waals surface area (Å²) < 4.78 is 43.6. The van der Waals surface area contributed by atoms with Crippen LogP contribution < -0.4 is 10.1 Å². The average Bonchev–Trinajstić information content (AvgIpc) is 3.16. The Morgan fingerprint density at radius 3 is 2.89 bits per heavy atom. The number of fused-ring (bicyclic) bond motifs is 1. The van der Waals surface area contributed by atoms with Crippen LogP contribution in [0, 0.1) is 11.3 Å². The van der Waals surface area contributed by atoms with E-state index in [1.54, 1.807) is 0 Å². The van der Waals surface area contributed by atoms with Gasteiger partial charge in [0.2, 0.25) is 5.88 Å². The molecule has 148 valence electrons. The minimum Gasteiger partial charge on any atom is -0.481 e. The molecular formula is C17H20F3N3O4. The zero-order valence-electron chi connectivity index (χ0n) is 14.5. The monoisotopic (exact) mass is 387 g/mol. The van der Waals surface area contributed by atoms with E-state index in [-0.39, 0.29) is 25.6 Å². The molecule has 2 aliphatic rings. The van der Waals surface area contributed by atoms with E-state index in [0.717, 1.165) is 18.9 Å². The van der Waals surface area contributed by atoms with Crippen LogP contribution in [0.2, 0.25) is 0 Å². The predicted molar refractivity (Wildman–Crippen MR) is 87.1 cm³/mol. The summed E-state index contributed by atoms with van der Waals surface area (Å²) in [6, 6.07) is 1.60. The lowest BCUT2D eigenvalue weighted by Crippen LogP contribution is -2.42. The molecule has 0 bridgehead atoms. The Bertz CT molecular complexity index is 728. The standard InChI is InChI=1S/C17H20F3N3O4/c18-17(19,20)12-4-2-6-21-13(12)27-8-7-22-15(26)23-9-11-3-1-5-16(11,10-23)14(24)25/h2,4,6,11H,1,3,5,7-10H2,(H,22,26)(H,24,25)/t11-,16+/m0/s1. The molecule has 10 heteroatoms. The Hall–Kier alpha value is -2.52. The zero-order valence-corrected chi connectivity index (χ0v) is 14.5. The smallest absolute Gasteiger partial charge is 0.421 e. The number of ether oxygens (including phenoxy) is 1. The van der Waals surface area contributed by atoms with E-state index >= 15 is 0 Å². The Labute approximate surface area is 153 Å². The molecule has 7 nitrogen and oxygen atoms in total. The lowest BCUT2D eigenvalue weighted by atomic mass is 9.81. The van der Waals surface area contributed by atoms with Gasteiger partial charge in [-0.25, -0.2) is 9.78 Å². The SMILES string of the molecule is O=C(NCCOc1ncccc1C(F)(F)F)N1C[C@@H]2CCC[C@@]2(C(=O)O)C1. The number of urea groups is 1. The summed E-state index contributed by atoms with van der Waals surface area (Å²) >= 11 is 0. The summed E-state index contributed by atoms with van der Waals surface area (Å²) in [7, 11) is 0. The molecule has 0 unspecified atom stereocenters. The van der Waals surface area contributed by atoms with Gasteiger partial charge in [-0.15, -0.1) is 0 Å². The van der Waals surface area contributed by atoms with Crippen molar-refractivity contribution in [3.05, 3.63) is 23.9 Å². The lowest BCUT2D eigenvalue weighted by molar-refractivity contribution is -0.149. The van der Waals surface area contributed by atoms with Crippen LogP contribution >= 0.6 is 0 Å². The highest BCUT2D eigenvalue weighted by molar-refractivity contribution is 5.80. The van der Waals surface area contributed by atoms with Gasteiger partial charge in [0.15, 0.2) is 0 Å². The van der Waals surface area contributed by atoms with Gasteiger partial charge in [0, 0.05) is 19.3 Å². The maximum Gasteiger partial charge on any atom is 0.421 e. The van der Waals surface area contributed by atoms with Gasteiger partial charge >= 0.3 is 18.2 Å². The van der Waals surface area contributed by atoms with Crippen LogP contribution in [-0.4, -0.2) is 53.2 Å². The summed E-state index contributed by atoms with van der Waals surface area (Å²) in [6.07, 6.45) is -1.21. The van der Waals surface area contributed by atoms with E-state index < -0.39 is 35.0 Å². The number of hydrogen-bond acceptors (Lipinski definition) is 4. The number of carboxylic acid groups (broad SMARTS) is 1. The van der Waals surface area contributed by atoms with Crippen molar-refractivity contribution >= 4 is 12.0 Å². The largest absolute Gasteiger partial charge is 0.481 e. The Balaban J connectivity index is 1.50. The third-order valence-corrected chi connectivity index (χ3v) is 5.28. The summed E-state index contributed by atoms with van der Waals surface area (Å²) in [5, 5.41) is 12.1. The number of nitrogens with zero attached hydrogens (tertiary/aromatic N) is 2. The van der Waals surface area contributed by atoms with Crippen LogP contribution in [0.4, 0.5) is 18.0 Å². The summed E-state index contributed by atoms with van der Waals surface area (Å²) in [4.78, 5) is 28.9. The number of carbonyl (C=O) groups is 2. The van der Waals surface area contributed by atoms with E-state index in [0.29, 0.717) is 13.0 Å². The van der Waals surface area contributed by atoms with Crippen molar-refractivity contribution in [2.24, 2.45) is 11.3 Å². The Morgan fingerprint density at radius 2 is 2.22 bits per heavy atom. The van der Waals surface area contributed by atoms with Gasteiger partial charge in [-0.3, -0.25) is 4.79 Å². The Kier molecular flexibility index (Phi) is 5.16. The minimum atomic E-state index is -4.58. The molecule has 2 fully saturated rings. The topological polar surface area (TPSA) is 91.8 Å². The maximum absolute atomic E-state index is 12.9. The van der Waals surface area contributed by atoms with Crippen molar-refractivity contribution in [3.63, 3.8) is 0 Å². The maximum atomic E-state index is 12.9. The fourth-order valence-electron chi connectivity index (χ4n) is 3.93. The van der Waals surface area contributed by atoms with Gasteiger partial charge < -0.3 is 20.1 Å². The third-order valence-electron chi connectivity index (χ3n) is 5.28. The first-order valence-corrected chi connectivity index (χ1v) is 8.65. The number of aliphatic carboxylic acids is 1. The van der Waals surface area contributed by atoms with Crippen molar-refractivity contribution in [1.82, 2.24) is 15.2 Å². The summed E-state index contributed by atoms with van der Waals surface area (Å²) in [6.45, 7) is 0.316. The van der Waals surface area contributed by atoms with Crippen LogP contribution in [0.5, 0.6) is 5.88 Å². The normalized spacial score (nSPS) is 24.6. The number of amides is 2. The van der Waals surface area contributed by atoms with Crippen LogP contribution in [0.15, 0.2) is 18.3 Å². The molecule has 2 atom stereocenters. The quantitative estimate of drug-likeness (QED) is 0.757. The number of hydrogen-bond donors (Lipinski definition) is 2. The molecular weight excluding hydrogens is 367 g/mol. The van der Waals surface area contributed by atoms with E-state index in [9.17, 15) is 27.9 Å². The molecule has 3 rings (SSSR count). The molecule has 0 spiro atoms. The number of halogens is 3. The molecule has 1 saturated carbocycles. The van der Waals surface area contributed by atoms with Crippen LogP contribution in [-0.2, 0) is 11.0 Å². The first-order valence-electron chi connectivity index (χ1n) is 8.65. The van der Waals surface area contributed by atoms with E-state index in [1.807, 2.05) is 0 Å². The molecule has 0 aromatic carbocycles. The second kappa shape index (κ2) is 7.24. The zero-order chi connectivity index (χ0) is 19.7. The first kappa shape index (κ1) is 19.2. The minimum absolute atomic E-state index is 0.0199. The van der Waals surface area contributed by atoms with E-state index in [4.69, 9.17) is 4.74 Å². The number of nitrogens with one attached hydrogen (secondary N) is 1. The summed E-state index contributed by atoms with van der Waals surface area (Å²) in [5.41, 5.74) is -1.85. The number of alkyl halides is 3. The number of carboxylic acids is 1.